The van der Waals surface area contributed by atoms with Crippen LogP contribution in [0.5, 0.6) is 0 Å². The summed E-state index contributed by atoms with van der Waals surface area (Å²) in [6.45, 7) is 2.20. The number of halogens is 2. The predicted molar refractivity (Wildman–Crippen MR) is 50.3 cm³/mol. The molecule has 0 heterocycles. The molecule has 0 aliphatic heterocycles. The molecule has 1 aromatic rings. The normalized spacial score (nSPS) is 13.1. The van der Waals surface area contributed by atoms with E-state index in [9.17, 15) is 5.33 Å². The maximum atomic E-state index is 9.82. The molecule has 1 radical (unpaired) electrons. The van der Waals surface area contributed by atoms with Gasteiger partial charge in [-0.25, -0.2) is 0 Å². The third kappa shape index (κ3) is 2.84. The van der Waals surface area contributed by atoms with E-state index in [1.807, 2.05) is 0 Å². The van der Waals surface area contributed by atoms with E-state index in [1.54, 1.807) is 0 Å². The number of benzene rings is 1. The van der Waals surface area contributed by atoms with Gasteiger partial charge in [-0.1, -0.05) is 43.3 Å². The summed E-state index contributed by atoms with van der Waals surface area (Å²) in [5.74, 6) is 1.46. The summed E-state index contributed by atoms with van der Waals surface area (Å²) in [6.07, 6.45) is 5.53. The van der Waals surface area contributed by atoms with Gasteiger partial charge < -0.3 is 0 Å². The van der Waals surface area contributed by atoms with Crippen molar-refractivity contribution in [2.24, 2.45) is 0 Å². The number of rotatable bonds is 1. The fourth-order valence-electron chi connectivity index (χ4n) is 1.52. The van der Waals surface area contributed by atoms with Crippen molar-refractivity contribution in [1.82, 2.24) is 0 Å². The van der Waals surface area contributed by atoms with E-state index in [2.05, 4.69) is 43.3 Å². The van der Waals surface area contributed by atoms with Crippen LogP contribution in [0.25, 0.3) is 6.08 Å². The average molecular weight is 360 g/mol. The zero-order valence-electron chi connectivity index (χ0n) is 7.93. The van der Waals surface area contributed by atoms with Crippen molar-refractivity contribution in [3.05, 3.63) is 47.4 Å². The van der Waals surface area contributed by atoms with Crippen molar-refractivity contribution < 1.29 is 29.4 Å². The molecule has 1 aliphatic carbocycles. The van der Waals surface area contributed by atoms with Crippen LogP contribution in [0.15, 0.2) is 30.3 Å². The van der Waals surface area contributed by atoms with Crippen LogP contribution < -0.4 is 0 Å². The molecule has 73 valence electrons. The van der Waals surface area contributed by atoms with E-state index < -0.39 is 24.1 Å². The fourth-order valence-corrected chi connectivity index (χ4v) is 1.52. The third-order valence-corrected chi connectivity index (χ3v) is 2.15. The van der Waals surface area contributed by atoms with Gasteiger partial charge in [-0.05, 0) is 17.5 Å². The summed E-state index contributed by atoms with van der Waals surface area (Å²) >= 11 is -2.92. The summed E-state index contributed by atoms with van der Waals surface area (Å²) in [5, 5.41) is 0. The number of hydrogen-bond acceptors (Lipinski definition) is 0. The van der Waals surface area contributed by atoms with Gasteiger partial charge in [0.05, 0.1) is 0 Å². The van der Waals surface area contributed by atoms with Gasteiger partial charge in [0.2, 0.25) is 0 Å². The molecule has 0 N–H and O–H groups in total. The SMILES string of the molecule is CC[C]1C=Cc2ccccc21.[F][Hf][F]. The van der Waals surface area contributed by atoms with Gasteiger partial charge in [-0.2, -0.15) is 0 Å². The standard InChI is InChI=1S/C11H11.2FH.Hf/c1-2-9-7-8-10-5-3-4-6-11(9)10;;;/h3-8H,2H2,1H3;2*1H;/q;;;+2/p-2. The second-order valence-corrected chi connectivity index (χ2v) is 3.38. The Balaban J connectivity index is 0.000000293. The van der Waals surface area contributed by atoms with Crippen molar-refractivity contribution in [2.45, 2.75) is 13.3 Å². The van der Waals surface area contributed by atoms with Crippen LogP contribution in [-0.4, -0.2) is 0 Å². The van der Waals surface area contributed by atoms with E-state index in [4.69, 9.17) is 0 Å². The Morgan fingerprint density at radius 3 is 2.43 bits per heavy atom. The fraction of sp³-hybridized carbons (Fsp3) is 0.182. The second-order valence-electron chi connectivity index (χ2n) is 2.87. The number of hydrogen-bond donors (Lipinski definition) is 0. The molecule has 1 aliphatic rings. The second kappa shape index (κ2) is 6.23. The maximum absolute atomic E-state index is 9.82. The van der Waals surface area contributed by atoms with Crippen LogP contribution >= 0.6 is 0 Å². The van der Waals surface area contributed by atoms with Crippen molar-refractivity contribution in [2.75, 3.05) is 0 Å². The molecule has 0 saturated carbocycles. The van der Waals surface area contributed by atoms with E-state index >= 15 is 0 Å². The number of fused-ring (bicyclic) bond motifs is 1. The molecule has 0 unspecified atom stereocenters. The Labute approximate surface area is 96.1 Å². The molecule has 3 heteroatoms. The summed E-state index contributed by atoms with van der Waals surface area (Å²) in [5.41, 5.74) is 2.78. The summed E-state index contributed by atoms with van der Waals surface area (Å²) in [4.78, 5) is 0. The molecule has 0 spiro atoms. The molecule has 0 nitrogen and oxygen atoms in total. The van der Waals surface area contributed by atoms with Gasteiger partial charge in [-0.15, -0.1) is 0 Å². The van der Waals surface area contributed by atoms with Gasteiger partial charge in [0.1, 0.15) is 0 Å². The van der Waals surface area contributed by atoms with Crippen LogP contribution in [0.1, 0.15) is 24.5 Å². The molecule has 0 atom stereocenters. The molecule has 0 bridgehead atoms. The Bertz CT molecular complexity index is 310. The van der Waals surface area contributed by atoms with Gasteiger partial charge in [0.15, 0.2) is 0 Å². The number of allylic oxidation sites excluding steroid dienone is 1. The van der Waals surface area contributed by atoms with Crippen molar-refractivity contribution >= 4 is 6.08 Å². The zero-order valence-corrected chi connectivity index (χ0v) is 11.5. The van der Waals surface area contributed by atoms with E-state index in [-0.39, 0.29) is 0 Å². The topological polar surface area (TPSA) is 0 Å². The van der Waals surface area contributed by atoms with Crippen molar-refractivity contribution in [3.63, 3.8) is 0 Å². The van der Waals surface area contributed by atoms with E-state index in [0.717, 1.165) is 6.42 Å². The van der Waals surface area contributed by atoms with Crippen LogP contribution in [0.3, 0.4) is 0 Å². The van der Waals surface area contributed by atoms with Crippen LogP contribution in [0.2, 0.25) is 0 Å². The predicted octanol–water partition coefficient (Wildman–Crippen LogP) is 3.88. The first-order chi connectivity index (χ1) is 6.83. The Morgan fingerprint density at radius 2 is 1.79 bits per heavy atom. The molecule has 0 fully saturated rings. The third-order valence-electron chi connectivity index (χ3n) is 2.15. The Kier molecular flexibility index (Phi) is 5.23. The van der Waals surface area contributed by atoms with Crippen LogP contribution in [-0.2, 0) is 24.1 Å². The van der Waals surface area contributed by atoms with Crippen LogP contribution in [0, 0.1) is 5.92 Å². The van der Waals surface area contributed by atoms with Gasteiger partial charge >= 0.3 is 29.4 Å². The molecular formula is C11H11F2Hf. The molecule has 1 aromatic carbocycles. The molecular weight excluding hydrogens is 349 g/mol. The van der Waals surface area contributed by atoms with Crippen molar-refractivity contribution in [1.29, 1.82) is 0 Å². The zero-order chi connectivity index (χ0) is 10.4. The van der Waals surface area contributed by atoms with Crippen LogP contribution in [0.4, 0.5) is 5.33 Å². The molecule has 14 heavy (non-hydrogen) atoms. The molecule has 2 rings (SSSR count). The average Bonchev–Trinajstić information content (AvgIpc) is 2.62. The van der Waals surface area contributed by atoms with Crippen molar-refractivity contribution in [3.8, 4) is 0 Å². The Hall–Kier alpha value is -0.310. The molecule has 0 amide bonds. The first kappa shape index (κ1) is 11.8. The summed E-state index contributed by atoms with van der Waals surface area (Å²) < 4.78 is 19.6. The van der Waals surface area contributed by atoms with E-state index in [1.165, 1.54) is 17.0 Å². The van der Waals surface area contributed by atoms with Gasteiger partial charge in [-0.3, -0.25) is 0 Å². The van der Waals surface area contributed by atoms with Gasteiger partial charge in [0.25, 0.3) is 0 Å². The summed E-state index contributed by atoms with van der Waals surface area (Å²) in [7, 11) is 0. The minimum absolute atomic E-state index is 1.13. The first-order valence-corrected chi connectivity index (χ1v) is 7.14. The Morgan fingerprint density at radius 1 is 1.14 bits per heavy atom. The molecule has 0 aromatic heterocycles. The quantitative estimate of drug-likeness (QED) is 0.668. The molecule has 0 saturated heterocycles. The monoisotopic (exact) mass is 361 g/mol. The van der Waals surface area contributed by atoms with E-state index in [0.29, 0.717) is 0 Å². The first-order valence-electron chi connectivity index (χ1n) is 4.43. The van der Waals surface area contributed by atoms with Gasteiger partial charge in [0, 0.05) is 5.92 Å². The minimum atomic E-state index is -2.92. The summed E-state index contributed by atoms with van der Waals surface area (Å²) in [6, 6.07) is 8.53.